The zero-order valence-electron chi connectivity index (χ0n) is 17.9. The summed E-state index contributed by atoms with van der Waals surface area (Å²) in [5.41, 5.74) is 1.82. The van der Waals surface area contributed by atoms with E-state index in [4.69, 9.17) is 9.47 Å². The molecular weight excluding hydrogens is 412 g/mol. The Balaban J connectivity index is 1.68. The Labute approximate surface area is 186 Å². The summed E-state index contributed by atoms with van der Waals surface area (Å²) < 4.78 is 13.2. The molecule has 3 aromatic rings. The van der Waals surface area contributed by atoms with Crippen LogP contribution in [0, 0.1) is 6.92 Å². The van der Waals surface area contributed by atoms with Crippen LogP contribution >= 0.6 is 11.8 Å². The lowest BCUT2D eigenvalue weighted by Gasteiger charge is -2.16. The summed E-state index contributed by atoms with van der Waals surface area (Å²) >= 11 is 1.32. The van der Waals surface area contributed by atoms with Gasteiger partial charge in [-0.2, -0.15) is 0 Å². The fourth-order valence-electron chi connectivity index (χ4n) is 2.97. The van der Waals surface area contributed by atoms with E-state index in [-0.39, 0.29) is 17.8 Å². The second-order valence-electron chi connectivity index (χ2n) is 6.83. The minimum absolute atomic E-state index is 0.102. The first-order chi connectivity index (χ1) is 15.0. The van der Waals surface area contributed by atoms with Crippen LogP contribution in [0.4, 0.5) is 5.69 Å². The largest absolute Gasteiger partial charge is 0.497 e. The van der Waals surface area contributed by atoms with Crippen molar-refractivity contribution in [3.8, 4) is 11.5 Å². The fourth-order valence-corrected chi connectivity index (χ4v) is 3.72. The smallest absolute Gasteiger partial charge is 0.234 e. The highest BCUT2D eigenvalue weighted by atomic mass is 32.2. The van der Waals surface area contributed by atoms with Crippen LogP contribution in [-0.2, 0) is 11.3 Å². The predicted octanol–water partition coefficient (Wildman–Crippen LogP) is 4.65. The number of methoxy groups -OCH3 is 1. The van der Waals surface area contributed by atoms with Crippen LogP contribution in [0.25, 0.3) is 0 Å². The molecule has 1 heterocycles. The number of benzene rings is 2. The molecule has 1 N–H and O–H groups in total. The van der Waals surface area contributed by atoms with Crippen molar-refractivity contribution >= 4 is 23.4 Å². The maximum Gasteiger partial charge on any atom is 0.234 e. The molecule has 0 saturated heterocycles. The van der Waals surface area contributed by atoms with Gasteiger partial charge in [0, 0.05) is 18.3 Å². The number of anilines is 1. The molecule has 2 aromatic carbocycles. The maximum absolute atomic E-state index is 12.4. The van der Waals surface area contributed by atoms with Crippen LogP contribution in [0.15, 0.2) is 66.3 Å². The van der Waals surface area contributed by atoms with E-state index in [1.807, 2.05) is 66.9 Å². The van der Waals surface area contributed by atoms with Gasteiger partial charge in [-0.15, -0.1) is 16.8 Å². The van der Waals surface area contributed by atoms with E-state index >= 15 is 0 Å². The Hall–Kier alpha value is -3.26. The summed E-state index contributed by atoms with van der Waals surface area (Å²) in [5, 5.41) is 12.1. The number of nitrogens with one attached hydrogen (secondary N) is 1. The van der Waals surface area contributed by atoms with Crippen molar-refractivity contribution in [3.05, 3.63) is 72.6 Å². The predicted molar refractivity (Wildman–Crippen MR) is 123 cm³/mol. The summed E-state index contributed by atoms with van der Waals surface area (Å²) in [6, 6.07) is 15.1. The number of carbonyl (C=O) groups excluding carboxylic acids is 1. The Morgan fingerprint density at radius 3 is 2.74 bits per heavy atom. The fraction of sp³-hybridized carbons (Fsp3) is 0.261. The van der Waals surface area contributed by atoms with Gasteiger partial charge in [0.15, 0.2) is 17.1 Å². The molecule has 3 rings (SSSR count). The molecule has 1 unspecified atom stereocenters. The first kappa shape index (κ1) is 22.4. The van der Waals surface area contributed by atoms with Crippen LogP contribution in [0.5, 0.6) is 11.5 Å². The van der Waals surface area contributed by atoms with Crippen molar-refractivity contribution in [3.63, 3.8) is 0 Å². The minimum Gasteiger partial charge on any atom is -0.497 e. The molecule has 1 amide bonds. The van der Waals surface area contributed by atoms with E-state index in [9.17, 15) is 4.79 Å². The highest BCUT2D eigenvalue weighted by molar-refractivity contribution is 7.99. The van der Waals surface area contributed by atoms with Gasteiger partial charge in [0.1, 0.15) is 11.5 Å². The average Bonchev–Trinajstić information content (AvgIpc) is 3.17. The standard InChI is InChI=1S/C23H26N4O3S/c1-5-13-27-22(17(3)30-19-11-8-10-18(14-19)29-4)25-26-23(27)31-15-21(28)24-20-12-7-6-9-16(20)2/h5-12,14,17H,1,13,15H2,2-4H3,(H,24,28). The van der Waals surface area contributed by atoms with E-state index in [1.165, 1.54) is 11.8 Å². The van der Waals surface area contributed by atoms with E-state index in [1.54, 1.807) is 13.2 Å². The number of hydrogen-bond donors (Lipinski definition) is 1. The van der Waals surface area contributed by atoms with Gasteiger partial charge >= 0.3 is 0 Å². The number of aryl methyl sites for hydroxylation is 1. The van der Waals surface area contributed by atoms with E-state index in [0.717, 1.165) is 11.3 Å². The number of ether oxygens (including phenoxy) is 2. The summed E-state index contributed by atoms with van der Waals surface area (Å²) in [6.45, 7) is 8.20. The topological polar surface area (TPSA) is 78.3 Å². The molecule has 162 valence electrons. The first-order valence-electron chi connectivity index (χ1n) is 9.84. The second kappa shape index (κ2) is 10.7. The lowest BCUT2D eigenvalue weighted by Crippen LogP contribution is -2.16. The van der Waals surface area contributed by atoms with Crippen LogP contribution in [0.2, 0.25) is 0 Å². The Bertz CT molecular complexity index is 1050. The zero-order chi connectivity index (χ0) is 22.2. The number of rotatable bonds is 10. The normalized spacial score (nSPS) is 11.6. The van der Waals surface area contributed by atoms with Gasteiger partial charge in [-0.1, -0.05) is 42.1 Å². The van der Waals surface area contributed by atoms with Crippen LogP contribution in [-0.4, -0.2) is 33.5 Å². The third kappa shape index (κ3) is 5.88. The molecule has 7 nitrogen and oxygen atoms in total. The SMILES string of the molecule is C=CCn1c(SCC(=O)Nc2ccccc2C)nnc1C(C)Oc1cccc(OC)c1. The van der Waals surface area contributed by atoms with Crippen LogP contribution in [0.3, 0.4) is 0 Å². The molecule has 8 heteroatoms. The van der Waals surface area contributed by atoms with Gasteiger partial charge in [0.2, 0.25) is 5.91 Å². The maximum atomic E-state index is 12.4. The molecule has 0 spiro atoms. The van der Waals surface area contributed by atoms with E-state index in [2.05, 4.69) is 22.1 Å². The highest BCUT2D eigenvalue weighted by Crippen LogP contribution is 2.27. The second-order valence-corrected chi connectivity index (χ2v) is 7.77. The van der Waals surface area contributed by atoms with Gasteiger partial charge in [-0.3, -0.25) is 9.36 Å². The number of amides is 1. The van der Waals surface area contributed by atoms with Crippen molar-refractivity contribution in [1.29, 1.82) is 0 Å². The molecule has 1 aromatic heterocycles. The van der Waals surface area contributed by atoms with Crippen molar-refractivity contribution < 1.29 is 14.3 Å². The lowest BCUT2D eigenvalue weighted by atomic mass is 10.2. The minimum atomic E-state index is -0.352. The molecule has 0 saturated carbocycles. The Morgan fingerprint density at radius 2 is 2.00 bits per heavy atom. The number of aromatic nitrogens is 3. The molecule has 31 heavy (non-hydrogen) atoms. The molecule has 0 aliphatic heterocycles. The molecule has 0 radical (unpaired) electrons. The Morgan fingerprint density at radius 1 is 1.23 bits per heavy atom. The summed E-state index contributed by atoms with van der Waals surface area (Å²) in [7, 11) is 1.61. The number of thioether (sulfide) groups is 1. The van der Waals surface area contributed by atoms with Gasteiger partial charge in [-0.25, -0.2) is 0 Å². The average molecular weight is 439 g/mol. The number of hydrogen-bond acceptors (Lipinski definition) is 6. The van der Waals surface area contributed by atoms with Gasteiger partial charge < -0.3 is 14.8 Å². The summed E-state index contributed by atoms with van der Waals surface area (Å²) in [4.78, 5) is 12.4. The summed E-state index contributed by atoms with van der Waals surface area (Å²) in [5.74, 6) is 2.16. The van der Waals surface area contributed by atoms with Crippen molar-refractivity contribution in [1.82, 2.24) is 14.8 Å². The lowest BCUT2D eigenvalue weighted by molar-refractivity contribution is -0.113. The van der Waals surface area contributed by atoms with Crippen LogP contribution < -0.4 is 14.8 Å². The van der Waals surface area contributed by atoms with Gasteiger partial charge in [-0.05, 0) is 37.6 Å². The van der Waals surface area contributed by atoms with Crippen molar-refractivity contribution in [2.45, 2.75) is 31.7 Å². The molecular formula is C23H26N4O3S. The van der Waals surface area contributed by atoms with Crippen LogP contribution in [0.1, 0.15) is 24.4 Å². The quantitative estimate of drug-likeness (QED) is 0.367. The molecule has 0 bridgehead atoms. The molecule has 0 aliphatic rings. The molecule has 0 fully saturated rings. The zero-order valence-corrected chi connectivity index (χ0v) is 18.7. The third-order valence-corrected chi connectivity index (χ3v) is 5.49. The van der Waals surface area contributed by atoms with Gasteiger partial charge in [0.05, 0.1) is 12.9 Å². The first-order valence-corrected chi connectivity index (χ1v) is 10.8. The van der Waals surface area contributed by atoms with Gasteiger partial charge in [0.25, 0.3) is 0 Å². The number of nitrogens with zero attached hydrogens (tertiary/aromatic N) is 3. The van der Waals surface area contributed by atoms with E-state index in [0.29, 0.717) is 29.0 Å². The Kier molecular flexibility index (Phi) is 7.72. The molecule has 1 atom stereocenters. The molecule has 0 aliphatic carbocycles. The summed E-state index contributed by atoms with van der Waals surface area (Å²) in [6.07, 6.45) is 1.41. The third-order valence-electron chi connectivity index (χ3n) is 4.53. The monoisotopic (exact) mass is 438 g/mol. The number of carbonyl (C=O) groups is 1. The van der Waals surface area contributed by atoms with E-state index < -0.39 is 0 Å². The highest BCUT2D eigenvalue weighted by Gasteiger charge is 2.20. The van der Waals surface area contributed by atoms with Crippen molar-refractivity contribution in [2.24, 2.45) is 0 Å². The number of para-hydroxylation sites is 1. The van der Waals surface area contributed by atoms with Crippen molar-refractivity contribution in [2.75, 3.05) is 18.2 Å². The number of allylic oxidation sites excluding steroid dienone is 1.